The van der Waals surface area contributed by atoms with Crippen LogP contribution in [-0.2, 0) is 38.6 Å². The Labute approximate surface area is 178 Å². The number of ether oxygens (including phenoxy) is 1. The lowest BCUT2D eigenvalue weighted by Gasteiger charge is -2.13. The third-order valence-corrected chi connectivity index (χ3v) is 5.43. The number of carbonyl (C=O) groups is 3. The summed E-state index contributed by atoms with van der Waals surface area (Å²) in [6, 6.07) is 0. The number of imidazole rings is 1. The predicted octanol–water partition coefficient (Wildman–Crippen LogP) is 0.704. The monoisotopic (exact) mass is 438 g/mol. The molecule has 2 aromatic rings. The van der Waals surface area contributed by atoms with E-state index >= 15 is 0 Å². The lowest BCUT2D eigenvalue weighted by molar-refractivity contribution is -0.126. The van der Waals surface area contributed by atoms with Crippen molar-refractivity contribution in [2.24, 2.45) is 5.92 Å². The number of rotatable bonds is 9. The van der Waals surface area contributed by atoms with Crippen LogP contribution in [0.4, 0.5) is 5.13 Å². The minimum atomic E-state index is -0.383. The molecule has 0 spiro atoms. The number of nitrogens with one attached hydrogen (secondary N) is 1. The highest BCUT2D eigenvalue weighted by atomic mass is 32.1. The van der Waals surface area contributed by atoms with Crippen molar-refractivity contribution in [2.75, 3.05) is 25.2 Å². The molecule has 0 aromatic carbocycles. The van der Waals surface area contributed by atoms with Gasteiger partial charge in [0.05, 0.1) is 31.1 Å². The van der Waals surface area contributed by atoms with Crippen molar-refractivity contribution in [1.82, 2.24) is 25.1 Å². The van der Waals surface area contributed by atoms with Crippen molar-refractivity contribution in [1.29, 1.82) is 0 Å². The van der Waals surface area contributed by atoms with Gasteiger partial charge in [-0.3, -0.25) is 19.3 Å². The first-order valence-electron chi connectivity index (χ1n) is 9.50. The second kappa shape index (κ2) is 12.0. The van der Waals surface area contributed by atoms with Gasteiger partial charge in [-0.15, -0.1) is 10.2 Å². The highest BCUT2D eigenvalue weighted by Gasteiger charge is 2.36. The molecule has 3 rings (SSSR count). The number of carbonyl (C=O) groups excluding carboxylic acids is 2. The minimum absolute atomic E-state index is 0.0838. The van der Waals surface area contributed by atoms with Crippen LogP contribution in [0, 0.1) is 5.92 Å². The molecule has 2 amide bonds. The lowest BCUT2D eigenvalue weighted by atomic mass is 10.1. The molecule has 12 heteroatoms. The molecule has 1 atom stereocenters. The Morgan fingerprint density at radius 3 is 2.93 bits per heavy atom. The van der Waals surface area contributed by atoms with E-state index in [9.17, 15) is 9.59 Å². The zero-order chi connectivity index (χ0) is 21.9. The first-order chi connectivity index (χ1) is 14.5. The maximum absolute atomic E-state index is 12.5. The summed E-state index contributed by atoms with van der Waals surface area (Å²) in [5, 5.41) is 19.5. The average molecular weight is 439 g/mol. The fraction of sp³-hybridized carbons (Fsp3) is 0.556. The second-order valence-electron chi connectivity index (χ2n) is 6.53. The molecular weight excluding hydrogens is 412 g/mol. The topological polar surface area (TPSA) is 140 Å². The Bertz CT molecular complexity index is 839. The first-order valence-corrected chi connectivity index (χ1v) is 10.3. The SMILES string of the molecule is CCCc1nnc(N2CC(C(=O)NCc3cncn3CCOC)CC2=O)s1.O=CO. The van der Waals surface area contributed by atoms with Gasteiger partial charge in [-0.25, -0.2) is 4.98 Å². The van der Waals surface area contributed by atoms with Crippen LogP contribution >= 0.6 is 11.3 Å². The van der Waals surface area contributed by atoms with Crippen molar-refractivity contribution in [3.05, 3.63) is 23.2 Å². The van der Waals surface area contributed by atoms with Gasteiger partial charge < -0.3 is 19.7 Å². The van der Waals surface area contributed by atoms with Gasteiger partial charge in [-0.1, -0.05) is 18.3 Å². The first kappa shape index (κ1) is 23.4. The number of nitrogens with zero attached hydrogens (tertiary/aromatic N) is 5. The van der Waals surface area contributed by atoms with Crippen LogP contribution in [0.25, 0.3) is 0 Å². The highest BCUT2D eigenvalue weighted by Crippen LogP contribution is 2.28. The molecule has 11 nitrogen and oxygen atoms in total. The van der Waals surface area contributed by atoms with E-state index in [1.165, 1.54) is 11.3 Å². The molecule has 2 N–H and O–H groups in total. The Hall–Kier alpha value is -2.86. The van der Waals surface area contributed by atoms with Crippen molar-refractivity contribution < 1.29 is 24.2 Å². The normalized spacial score (nSPS) is 15.6. The molecule has 2 aromatic heterocycles. The van der Waals surface area contributed by atoms with Gasteiger partial charge in [-0.2, -0.15) is 0 Å². The summed E-state index contributed by atoms with van der Waals surface area (Å²) in [6.07, 6.45) is 5.45. The standard InChI is InChI=1S/C17H24N6O3S.CH2O2/c1-3-4-14-20-21-17(27-14)23-10-12(7-15(23)24)16(25)19-9-13-8-18-11-22(13)5-6-26-2;2-1-3/h8,11-12H,3-7,9-10H2,1-2H3,(H,19,25);1H,(H,2,3). The van der Waals surface area contributed by atoms with Crippen LogP contribution in [0.15, 0.2) is 12.5 Å². The fourth-order valence-corrected chi connectivity index (χ4v) is 3.91. The maximum atomic E-state index is 12.5. The summed E-state index contributed by atoms with van der Waals surface area (Å²) in [7, 11) is 1.64. The van der Waals surface area contributed by atoms with Crippen molar-refractivity contribution in [3.8, 4) is 0 Å². The van der Waals surface area contributed by atoms with Crippen LogP contribution < -0.4 is 10.2 Å². The number of methoxy groups -OCH3 is 1. The number of carboxylic acid groups (broad SMARTS) is 1. The maximum Gasteiger partial charge on any atom is 0.290 e. The summed E-state index contributed by atoms with van der Waals surface area (Å²) in [6.45, 7) is 3.78. The molecule has 3 heterocycles. The zero-order valence-corrected chi connectivity index (χ0v) is 17.8. The number of hydrogen-bond acceptors (Lipinski definition) is 8. The molecule has 0 bridgehead atoms. The average Bonchev–Trinajstić information content (AvgIpc) is 3.45. The van der Waals surface area contributed by atoms with E-state index in [0.717, 1.165) is 23.5 Å². The summed E-state index contributed by atoms with van der Waals surface area (Å²) >= 11 is 1.42. The second-order valence-corrected chi connectivity index (χ2v) is 7.57. The molecule has 164 valence electrons. The van der Waals surface area contributed by atoms with Crippen LogP contribution in [-0.4, -0.2) is 63.4 Å². The summed E-state index contributed by atoms with van der Waals surface area (Å²) in [5.41, 5.74) is 0.898. The summed E-state index contributed by atoms with van der Waals surface area (Å²) in [4.78, 5) is 38.9. The highest BCUT2D eigenvalue weighted by molar-refractivity contribution is 7.15. The number of amides is 2. The summed E-state index contributed by atoms with van der Waals surface area (Å²) in [5.74, 6) is -0.602. The van der Waals surface area contributed by atoms with Gasteiger partial charge >= 0.3 is 0 Å². The van der Waals surface area contributed by atoms with Gasteiger partial charge in [-0.05, 0) is 6.42 Å². The van der Waals surface area contributed by atoms with Crippen molar-refractivity contribution in [3.63, 3.8) is 0 Å². The van der Waals surface area contributed by atoms with E-state index in [1.807, 2.05) is 4.57 Å². The van der Waals surface area contributed by atoms with Gasteiger partial charge in [0.15, 0.2) is 0 Å². The molecule has 0 radical (unpaired) electrons. The molecule has 1 aliphatic heterocycles. The third-order valence-electron chi connectivity index (χ3n) is 4.43. The Morgan fingerprint density at radius 2 is 2.23 bits per heavy atom. The molecule has 1 saturated heterocycles. The van der Waals surface area contributed by atoms with E-state index in [0.29, 0.717) is 31.4 Å². The van der Waals surface area contributed by atoms with E-state index in [-0.39, 0.29) is 30.6 Å². The van der Waals surface area contributed by atoms with Gasteiger partial charge in [0.25, 0.3) is 6.47 Å². The Kier molecular flexibility index (Phi) is 9.35. The lowest BCUT2D eigenvalue weighted by Crippen LogP contribution is -2.33. The minimum Gasteiger partial charge on any atom is -0.483 e. The van der Waals surface area contributed by atoms with Gasteiger partial charge in [0.2, 0.25) is 16.9 Å². The Balaban J connectivity index is 0.00000101. The number of aromatic nitrogens is 4. The smallest absolute Gasteiger partial charge is 0.290 e. The quantitative estimate of drug-likeness (QED) is 0.546. The number of aryl methyl sites for hydroxylation is 1. The van der Waals surface area contributed by atoms with Gasteiger partial charge in [0, 0.05) is 39.2 Å². The zero-order valence-electron chi connectivity index (χ0n) is 17.0. The van der Waals surface area contributed by atoms with E-state index in [2.05, 4.69) is 27.4 Å². The van der Waals surface area contributed by atoms with E-state index < -0.39 is 0 Å². The van der Waals surface area contributed by atoms with Crippen LogP contribution in [0.3, 0.4) is 0 Å². The molecule has 0 saturated carbocycles. The van der Waals surface area contributed by atoms with E-state index in [4.69, 9.17) is 14.6 Å². The van der Waals surface area contributed by atoms with Crippen molar-refractivity contribution in [2.45, 2.75) is 39.3 Å². The van der Waals surface area contributed by atoms with Gasteiger partial charge in [0.1, 0.15) is 5.01 Å². The molecular formula is C18H26N6O5S. The number of hydrogen-bond donors (Lipinski definition) is 2. The molecule has 1 unspecified atom stereocenters. The fourth-order valence-electron chi connectivity index (χ4n) is 2.95. The van der Waals surface area contributed by atoms with E-state index in [1.54, 1.807) is 24.5 Å². The van der Waals surface area contributed by atoms with Crippen LogP contribution in [0.1, 0.15) is 30.5 Å². The molecule has 0 aliphatic carbocycles. The number of anilines is 1. The molecule has 30 heavy (non-hydrogen) atoms. The molecule has 1 aliphatic rings. The predicted molar refractivity (Wildman–Crippen MR) is 109 cm³/mol. The molecule has 1 fully saturated rings. The third kappa shape index (κ3) is 6.32. The van der Waals surface area contributed by atoms with Crippen LogP contribution in [0.2, 0.25) is 0 Å². The largest absolute Gasteiger partial charge is 0.483 e. The van der Waals surface area contributed by atoms with Crippen molar-refractivity contribution >= 4 is 34.8 Å². The Morgan fingerprint density at radius 1 is 1.47 bits per heavy atom. The summed E-state index contributed by atoms with van der Waals surface area (Å²) < 4.78 is 7.01. The van der Waals surface area contributed by atoms with Crippen LogP contribution in [0.5, 0.6) is 0 Å².